The second kappa shape index (κ2) is 7.68. The van der Waals surface area contributed by atoms with Crippen LogP contribution in [0.2, 0.25) is 0 Å². The van der Waals surface area contributed by atoms with Gasteiger partial charge >= 0.3 is 0 Å². The van der Waals surface area contributed by atoms with E-state index in [1.165, 1.54) is 11.1 Å². The first-order valence-corrected chi connectivity index (χ1v) is 12.8. The fourth-order valence-corrected chi connectivity index (χ4v) is 6.27. The summed E-state index contributed by atoms with van der Waals surface area (Å²) in [6, 6.07) is 33.8. The van der Waals surface area contributed by atoms with Crippen LogP contribution in [-0.2, 0) is 11.2 Å². The molecule has 37 heavy (non-hydrogen) atoms. The Balaban J connectivity index is 1.58. The molecule has 5 aromatic rings. The largest absolute Gasteiger partial charge is 0.472 e. The fourth-order valence-electron chi connectivity index (χ4n) is 6.27. The number of rotatable bonds is 2. The van der Waals surface area contributed by atoms with Crippen LogP contribution in [0.1, 0.15) is 45.9 Å². The molecule has 2 nitrogen and oxygen atoms in total. The van der Waals surface area contributed by atoms with E-state index in [0.717, 1.165) is 55.5 Å². The predicted molar refractivity (Wildman–Crippen MR) is 151 cm³/mol. The molecule has 1 aliphatic heterocycles. The normalized spacial score (nSPS) is 21.3. The lowest BCUT2D eigenvalue weighted by Crippen LogP contribution is -2.35. The fraction of sp³-hybridized carbons (Fsp3) is 0.143. The van der Waals surface area contributed by atoms with Crippen LogP contribution in [0.3, 0.4) is 0 Å². The van der Waals surface area contributed by atoms with E-state index >= 15 is 0 Å². The summed E-state index contributed by atoms with van der Waals surface area (Å²) in [6.45, 7) is 6.13. The molecule has 1 heterocycles. The molecule has 7 rings (SSSR count). The van der Waals surface area contributed by atoms with Gasteiger partial charge in [-0.3, -0.25) is 0 Å². The molecule has 0 spiro atoms. The Morgan fingerprint density at radius 3 is 2.16 bits per heavy atom. The lowest BCUT2D eigenvalue weighted by molar-refractivity contribution is 0.105. The molecule has 0 aromatic heterocycles. The van der Waals surface area contributed by atoms with Gasteiger partial charge in [0.2, 0.25) is 0 Å². The zero-order valence-electron chi connectivity index (χ0n) is 21.2. The van der Waals surface area contributed by atoms with Crippen LogP contribution in [0.5, 0.6) is 5.75 Å². The maximum atomic E-state index is 12.0. The number of benzene rings is 5. The minimum atomic E-state index is -1.13. The third-order valence-corrected chi connectivity index (χ3v) is 8.09. The topological polar surface area (TPSA) is 29.5 Å². The third kappa shape index (κ3) is 3.03. The molecule has 2 unspecified atom stereocenters. The molecule has 1 aliphatic carbocycles. The standard InChI is InChI=1S/C35H28O2/c1-22-13-16-25(17-14-22)35(24-9-5-4-6-10-24)20-19-28-32-31(27-11-7-8-12-30(27)34(32,3)36)26-18-15-23(2)21-29(26)33(28)37-35/h4-21,36H,1-3H3. The number of fused-ring (bicyclic) bond motifs is 8. The molecule has 2 heteroatoms. The molecule has 2 aliphatic rings. The first kappa shape index (κ1) is 22.1. The van der Waals surface area contributed by atoms with Crippen molar-refractivity contribution in [2.45, 2.75) is 32.0 Å². The summed E-state index contributed by atoms with van der Waals surface area (Å²) in [5.41, 5.74) is 7.60. The molecular formula is C35H28O2. The van der Waals surface area contributed by atoms with Gasteiger partial charge in [-0.05, 0) is 55.0 Å². The molecule has 5 aromatic carbocycles. The summed E-state index contributed by atoms with van der Waals surface area (Å²) in [6.07, 6.45) is 4.34. The summed E-state index contributed by atoms with van der Waals surface area (Å²) in [7, 11) is 0. The second-order valence-electron chi connectivity index (χ2n) is 10.6. The van der Waals surface area contributed by atoms with E-state index < -0.39 is 11.2 Å². The van der Waals surface area contributed by atoms with Crippen LogP contribution in [0.4, 0.5) is 0 Å². The van der Waals surface area contributed by atoms with Crippen LogP contribution in [0.15, 0.2) is 103 Å². The molecule has 0 radical (unpaired) electrons. The minimum absolute atomic E-state index is 0.788. The highest BCUT2D eigenvalue weighted by atomic mass is 16.5. The number of aryl methyl sites for hydroxylation is 2. The first-order valence-electron chi connectivity index (χ1n) is 12.8. The summed E-state index contributed by atoms with van der Waals surface area (Å²) in [5, 5.41) is 14.1. The van der Waals surface area contributed by atoms with Crippen molar-refractivity contribution in [3.8, 4) is 16.9 Å². The summed E-state index contributed by atoms with van der Waals surface area (Å²) in [4.78, 5) is 0. The van der Waals surface area contributed by atoms with Crippen molar-refractivity contribution in [3.05, 3.63) is 142 Å². The van der Waals surface area contributed by atoms with Crippen molar-refractivity contribution in [3.63, 3.8) is 0 Å². The Morgan fingerprint density at radius 1 is 0.703 bits per heavy atom. The summed E-state index contributed by atoms with van der Waals surface area (Å²) < 4.78 is 7.22. The molecule has 2 atom stereocenters. The van der Waals surface area contributed by atoms with Crippen molar-refractivity contribution >= 4 is 16.8 Å². The van der Waals surface area contributed by atoms with Gasteiger partial charge in [-0.2, -0.15) is 0 Å². The molecule has 180 valence electrons. The number of ether oxygens (including phenoxy) is 1. The maximum absolute atomic E-state index is 12.0. The number of hydrogen-bond donors (Lipinski definition) is 1. The van der Waals surface area contributed by atoms with E-state index in [4.69, 9.17) is 4.74 Å². The highest BCUT2D eigenvalue weighted by Gasteiger charge is 2.45. The molecular weight excluding hydrogens is 452 g/mol. The van der Waals surface area contributed by atoms with Gasteiger partial charge < -0.3 is 9.84 Å². The van der Waals surface area contributed by atoms with E-state index in [9.17, 15) is 5.11 Å². The van der Waals surface area contributed by atoms with Crippen molar-refractivity contribution in [1.82, 2.24) is 0 Å². The van der Waals surface area contributed by atoms with Crippen LogP contribution < -0.4 is 4.74 Å². The van der Waals surface area contributed by atoms with E-state index in [-0.39, 0.29) is 0 Å². The number of aliphatic hydroxyl groups is 1. The van der Waals surface area contributed by atoms with Crippen LogP contribution >= 0.6 is 0 Å². The first-order chi connectivity index (χ1) is 17.9. The zero-order chi connectivity index (χ0) is 25.4. The van der Waals surface area contributed by atoms with Crippen LogP contribution in [0, 0.1) is 13.8 Å². The van der Waals surface area contributed by atoms with Crippen molar-refractivity contribution in [1.29, 1.82) is 0 Å². The van der Waals surface area contributed by atoms with E-state index in [0.29, 0.717) is 0 Å². The molecule has 0 saturated heterocycles. The zero-order valence-corrected chi connectivity index (χ0v) is 21.2. The van der Waals surface area contributed by atoms with Crippen molar-refractivity contribution < 1.29 is 9.84 Å². The highest BCUT2D eigenvalue weighted by Crippen LogP contribution is 2.57. The van der Waals surface area contributed by atoms with Gasteiger partial charge in [0, 0.05) is 27.6 Å². The van der Waals surface area contributed by atoms with E-state index in [2.05, 4.69) is 98.8 Å². The van der Waals surface area contributed by atoms with Crippen LogP contribution in [-0.4, -0.2) is 5.11 Å². The third-order valence-electron chi connectivity index (χ3n) is 8.09. The Hall–Kier alpha value is -4.14. The van der Waals surface area contributed by atoms with Gasteiger partial charge in [0.25, 0.3) is 0 Å². The molecule has 0 saturated carbocycles. The van der Waals surface area contributed by atoms with E-state index in [1.807, 2.05) is 31.2 Å². The Morgan fingerprint density at radius 2 is 1.38 bits per heavy atom. The van der Waals surface area contributed by atoms with E-state index in [1.54, 1.807) is 0 Å². The Labute approximate surface area is 217 Å². The minimum Gasteiger partial charge on any atom is -0.472 e. The van der Waals surface area contributed by atoms with Gasteiger partial charge in [-0.15, -0.1) is 0 Å². The smallest absolute Gasteiger partial charge is 0.178 e. The lowest BCUT2D eigenvalue weighted by atomic mass is 9.80. The summed E-state index contributed by atoms with van der Waals surface area (Å²) >= 11 is 0. The maximum Gasteiger partial charge on any atom is 0.178 e. The lowest BCUT2D eigenvalue weighted by Gasteiger charge is -2.38. The summed E-state index contributed by atoms with van der Waals surface area (Å²) in [5.74, 6) is 0.817. The Kier molecular flexibility index (Phi) is 4.58. The van der Waals surface area contributed by atoms with Gasteiger partial charge in [0.1, 0.15) is 11.4 Å². The average molecular weight is 481 g/mol. The van der Waals surface area contributed by atoms with Crippen molar-refractivity contribution in [2.75, 3.05) is 0 Å². The highest BCUT2D eigenvalue weighted by molar-refractivity contribution is 6.08. The Bertz CT molecular complexity index is 1730. The van der Waals surface area contributed by atoms with Crippen molar-refractivity contribution in [2.24, 2.45) is 0 Å². The second-order valence-corrected chi connectivity index (χ2v) is 10.6. The SMILES string of the molecule is Cc1ccc(C2(c3ccccc3)C=Cc3c4c(c5ccc(C)cc5c3O2)-c2ccccc2C4(C)O)cc1. The quantitative estimate of drug-likeness (QED) is 0.277. The molecule has 1 N–H and O–H groups in total. The van der Waals surface area contributed by atoms with Gasteiger partial charge in [0.15, 0.2) is 5.60 Å². The molecule has 0 bridgehead atoms. The average Bonchev–Trinajstić information content (AvgIpc) is 3.16. The van der Waals surface area contributed by atoms with Gasteiger partial charge in [0.05, 0.1) is 0 Å². The van der Waals surface area contributed by atoms with Gasteiger partial charge in [-0.25, -0.2) is 0 Å². The molecule has 0 fully saturated rings. The van der Waals surface area contributed by atoms with Crippen LogP contribution in [0.25, 0.3) is 28.0 Å². The van der Waals surface area contributed by atoms with Gasteiger partial charge in [-0.1, -0.05) is 108 Å². The molecule has 0 amide bonds. The number of hydrogen-bond acceptors (Lipinski definition) is 2. The predicted octanol–water partition coefficient (Wildman–Crippen LogP) is 8.04. The monoisotopic (exact) mass is 480 g/mol.